The Hall–Kier alpha value is -1.78. The van der Waals surface area contributed by atoms with Gasteiger partial charge in [0, 0.05) is 20.9 Å². The normalized spacial score (nSPS) is 15.6. The summed E-state index contributed by atoms with van der Waals surface area (Å²) in [7, 11) is 0. The molecule has 0 atom stereocenters. The minimum atomic E-state index is -0.124. The second-order valence-electron chi connectivity index (χ2n) is 3.80. The number of carbonyl (C=O) groups excluding carboxylic acids is 2. The molecule has 0 aliphatic heterocycles. The SMILES string of the molecule is O=C1C=C(c2cccs2)C(=O)C(c2cccs2)=C1. The van der Waals surface area contributed by atoms with Crippen molar-refractivity contribution < 1.29 is 9.59 Å². The first kappa shape index (κ1) is 11.3. The molecule has 0 N–H and O–H groups in total. The third-order valence-corrected chi connectivity index (χ3v) is 4.44. The van der Waals surface area contributed by atoms with Crippen molar-refractivity contribution in [3.8, 4) is 0 Å². The summed E-state index contributed by atoms with van der Waals surface area (Å²) in [6, 6.07) is 7.47. The maximum atomic E-state index is 12.4. The summed E-state index contributed by atoms with van der Waals surface area (Å²) < 4.78 is 0. The van der Waals surface area contributed by atoms with E-state index in [1.165, 1.54) is 34.8 Å². The number of Topliss-reactive ketones (excluding diaryl/α,β-unsaturated/α-hetero) is 1. The molecule has 0 spiro atoms. The van der Waals surface area contributed by atoms with Crippen LogP contribution in [0.2, 0.25) is 0 Å². The van der Waals surface area contributed by atoms with Crippen LogP contribution in [0.5, 0.6) is 0 Å². The van der Waals surface area contributed by atoms with E-state index < -0.39 is 0 Å². The van der Waals surface area contributed by atoms with Crippen LogP contribution in [0.3, 0.4) is 0 Å². The monoisotopic (exact) mass is 272 g/mol. The van der Waals surface area contributed by atoms with Gasteiger partial charge in [-0.2, -0.15) is 0 Å². The van der Waals surface area contributed by atoms with E-state index in [9.17, 15) is 9.59 Å². The van der Waals surface area contributed by atoms with Gasteiger partial charge in [-0.1, -0.05) is 12.1 Å². The predicted molar refractivity (Wildman–Crippen MR) is 74.6 cm³/mol. The zero-order chi connectivity index (χ0) is 12.5. The van der Waals surface area contributed by atoms with Crippen LogP contribution >= 0.6 is 22.7 Å². The molecule has 0 radical (unpaired) electrons. The first-order chi connectivity index (χ1) is 8.75. The standard InChI is InChI=1S/C14H8O2S2/c15-9-7-10(12-3-1-5-17-12)14(16)11(8-9)13-4-2-6-18-13/h1-8H. The maximum Gasteiger partial charge on any atom is 0.196 e. The zero-order valence-electron chi connectivity index (χ0n) is 9.25. The second-order valence-corrected chi connectivity index (χ2v) is 5.70. The number of hydrogen-bond acceptors (Lipinski definition) is 4. The van der Waals surface area contributed by atoms with Gasteiger partial charge in [-0.25, -0.2) is 0 Å². The molecule has 0 saturated heterocycles. The zero-order valence-corrected chi connectivity index (χ0v) is 10.9. The molecule has 3 rings (SSSR count). The van der Waals surface area contributed by atoms with Crippen LogP contribution in [-0.4, -0.2) is 11.6 Å². The Kier molecular flexibility index (Phi) is 2.81. The largest absolute Gasteiger partial charge is 0.290 e. The van der Waals surface area contributed by atoms with Crippen molar-refractivity contribution in [2.24, 2.45) is 0 Å². The molecule has 88 valence electrons. The molecule has 4 heteroatoms. The fourth-order valence-corrected chi connectivity index (χ4v) is 3.31. The van der Waals surface area contributed by atoms with E-state index in [1.807, 2.05) is 35.0 Å². The summed E-state index contributed by atoms with van der Waals surface area (Å²) in [6.07, 6.45) is 2.84. The first-order valence-corrected chi connectivity index (χ1v) is 7.11. The Labute approximate surface area is 112 Å². The van der Waals surface area contributed by atoms with Crippen molar-refractivity contribution in [2.75, 3.05) is 0 Å². The Morgan fingerprint density at radius 1 is 0.778 bits per heavy atom. The highest BCUT2D eigenvalue weighted by Crippen LogP contribution is 2.32. The molecule has 0 unspecified atom stereocenters. The van der Waals surface area contributed by atoms with E-state index >= 15 is 0 Å². The Morgan fingerprint density at radius 2 is 1.28 bits per heavy atom. The molecule has 2 heterocycles. The van der Waals surface area contributed by atoms with Gasteiger partial charge in [0.1, 0.15) is 0 Å². The molecule has 0 aromatic carbocycles. The van der Waals surface area contributed by atoms with E-state index in [2.05, 4.69) is 0 Å². The van der Waals surface area contributed by atoms with Crippen molar-refractivity contribution in [3.63, 3.8) is 0 Å². The summed E-state index contributed by atoms with van der Waals surface area (Å²) in [5, 5.41) is 3.80. The average Bonchev–Trinajstić information content (AvgIpc) is 3.02. The second kappa shape index (κ2) is 4.48. The number of carbonyl (C=O) groups is 2. The molecule has 18 heavy (non-hydrogen) atoms. The van der Waals surface area contributed by atoms with E-state index in [0.29, 0.717) is 11.1 Å². The van der Waals surface area contributed by atoms with E-state index in [1.54, 1.807) is 0 Å². The molecule has 2 aromatic rings. The predicted octanol–water partition coefficient (Wildman–Crippen LogP) is 3.43. The van der Waals surface area contributed by atoms with Crippen molar-refractivity contribution in [1.29, 1.82) is 0 Å². The lowest BCUT2D eigenvalue weighted by Gasteiger charge is -2.11. The molecule has 0 fully saturated rings. The van der Waals surface area contributed by atoms with Crippen molar-refractivity contribution >= 4 is 45.4 Å². The highest BCUT2D eigenvalue weighted by Gasteiger charge is 2.24. The highest BCUT2D eigenvalue weighted by molar-refractivity contribution is 7.12. The van der Waals surface area contributed by atoms with Crippen LogP contribution in [0.25, 0.3) is 11.1 Å². The molecule has 2 nitrogen and oxygen atoms in total. The highest BCUT2D eigenvalue weighted by atomic mass is 32.1. The third-order valence-electron chi connectivity index (χ3n) is 2.64. The van der Waals surface area contributed by atoms with Crippen LogP contribution in [0.15, 0.2) is 47.2 Å². The van der Waals surface area contributed by atoms with Gasteiger partial charge in [-0.3, -0.25) is 9.59 Å². The smallest absolute Gasteiger partial charge is 0.196 e. The summed E-state index contributed by atoms with van der Waals surface area (Å²) in [5.74, 6) is -0.194. The van der Waals surface area contributed by atoms with Gasteiger partial charge in [-0.15, -0.1) is 22.7 Å². The van der Waals surface area contributed by atoms with Crippen molar-refractivity contribution in [3.05, 3.63) is 56.9 Å². The summed E-state index contributed by atoms with van der Waals surface area (Å²) in [6.45, 7) is 0. The number of allylic oxidation sites excluding steroid dienone is 4. The van der Waals surface area contributed by atoms with Gasteiger partial charge in [0.05, 0.1) is 0 Å². The number of hydrogen-bond donors (Lipinski definition) is 0. The molecular formula is C14H8O2S2. The Morgan fingerprint density at radius 3 is 1.67 bits per heavy atom. The number of ketones is 2. The lowest BCUT2D eigenvalue weighted by Crippen LogP contribution is -2.11. The molecular weight excluding hydrogens is 264 g/mol. The number of rotatable bonds is 2. The molecule has 1 aliphatic carbocycles. The van der Waals surface area contributed by atoms with E-state index in [4.69, 9.17) is 0 Å². The Balaban J connectivity index is 2.06. The van der Waals surface area contributed by atoms with Crippen LogP contribution in [0, 0.1) is 0 Å². The van der Waals surface area contributed by atoms with Crippen molar-refractivity contribution in [2.45, 2.75) is 0 Å². The summed E-state index contributed by atoms with van der Waals surface area (Å²) >= 11 is 2.94. The van der Waals surface area contributed by atoms with Crippen LogP contribution in [0.4, 0.5) is 0 Å². The average molecular weight is 272 g/mol. The summed E-state index contributed by atoms with van der Waals surface area (Å²) in [4.78, 5) is 25.8. The topological polar surface area (TPSA) is 34.1 Å². The van der Waals surface area contributed by atoms with Crippen molar-refractivity contribution in [1.82, 2.24) is 0 Å². The van der Waals surface area contributed by atoms with Gasteiger partial charge in [0.2, 0.25) is 0 Å². The lowest BCUT2D eigenvalue weighted by atomic mass is 9.94. The van der Waals surface area contributed by atoms with Crippen LogP contribution < -0.4 is 0 Å². The van der Waals surface area contributed by atoms with E-state index in [0.717, 1.165) is 9.75 Å². The van der Waals surface area contributed by atoms with Gasteiger partial charge >= 0.3 is 0 Å². The maximum absolute atomic E-state index is 12.4. The van der Waals surface area contributed by atoms with E-state index in [-0.39, 0.29) is 11.6 Å². The lowest BCUT2D eigenvalue weighted by molar-refractivity contribution is -0.112. The first-order valence-electron chi connectivity index (χ1n) is 5.35. The Bertz CT molecular complexity index is 602. The third kappa shape index (κ3) is 1.89. The molecule has 1 aliphatic rings. The summed E-state index contributed by atoms with van der Waals surface area (Å²) in [5.41, 5.74) is 1.00. The van der Waals surface area contributed by atoms with Gasteiger partial charge in [0.15, 0.2) is 11.6 Å². The minimum Gasteiger partial charge on any atom is -0.290 e. The molecule has 0 bridgehead atoms. The van der Waals surface area contributed by atoms with Crippen LogP contribution in [-0.2, 0) is 9.59 Å². The minimum absolute atomic E-state index is 0.0699. The fourth-order valence-electron chi connectivity index (χ4n) is 1.83. The number of thiophene rings is 2. The van der Waals surface area contributed by atoms with Crippen LogP contribution in [0.1, 0.15) is 9.75 Å². The quantitative estimate of drug-likeness (QED) is 0.785. The van der Waals surface area contributed by atoms with Gasteiger partial charge in [-0.05, 0) is 35.0 Å². The van der Waals surface area contributed by atoms with Gasteiger partial charge < -0.3 is 0 Å². The fraction of sp³-hybridized carbons (Fsp3) is 0. The molecule has 0 amide bonds. The molecule has 0 saturated carbocycles. The van der Waals surface area contributed by atoms with Gasteiger partial charge in [0.25, 0.3) is 0 Å². The molecule has 2 aromatic heterocycles.